The van der Waals surface area contributed by atoms with Gasteiger partial charge in [-0.25, -0.2) is 24.3 Å². The van der Waals surface area contributed by atoms with E-state index in [1.54, 1.807) is 24.7 Å². The van der Waals surface area contributed by atoms with Gasteiger partial charge in [-0.05, 0) is 30.3 Å². The first-order valence-corrected chi connectivity index (χ1v) is 12.0. The van der Waals surface area contributed by atoms with Crippen LogP contribution in [0.3, 0.4) is 0 Å². The quantitative estimate of drug-likeness (QED) is 0.351. The minimum atomic E-state index is -0.312. The van der Waals surface area contributed by atoms with Crippen molar-refractivity contribution in [2.75, 3.05) is 54.9 Å². The number of aromatic nitrogens is 4. The number of halogens is 1. The zero-order valence-corrected chi connectivity index (χ0v) is 20.3. The molecule has 0 aliphatic carbocycles. The minimum Gasteiger partial charge on any atom is -0.354 e. The Balaban J connectivity index is 1.31. The van der Waals surface area contributed by atoms with E-state index in [-0.39, 0.29) is 12.6 Å². The summed E-state index contributed by atoms with van der Waals surface area (Å²) in [5.74, 6) is 1.49. The van der Waals surface area contributed by atoms with E-state index < -0.39 is 0 Å². The van der Waals surface area contributed by atoms with Crippen LogP contribution in [0.1, 0.15) is 0 Å². The number of nitrogens with zero attached hydrogens (tertiary/aromatic N) is 6. The number of piperazine rings is 1. The third kappa shape index (κ3) is 5.70. The second-order valence-corrected chi connectivity index (χ2v) is 8.61. The van der Waals surface area contributed by atoms with E-state index >= 15 is 0 Å². The number of benzene rings is 1. The smallest absolute Gasteiger partial charge is 0.248 e. The maximum absolute atomic E-state index is 12.6. The molecule has 10 heteroatoms. The number of anilines is 4. The predicted molar refractivity (Wildman–Crippen MR) is 144 cm³/mol. The van der Waals surface area contributed by atoms with Crippen molar-refractivity contribution >= 4 is 40.1 Å². The largest absolute Gasteiger partial charge is 0.354 e. The molecule has 0 unspecified atom stereocenters. The van der Waals surface area contributed by atoms with Crippen LogP contribution in [0.5, 0.6) is 0 Å². The zero-order valence-electron chi connectivity index (χ0n) is 20.3. The summed E-state index contributed by atoms with van der Waals surface area (Å²) in [6, 6.07) is 13.4. The zero-order chi connectivity index (χ0) is 25.6. The maximum atomic E-state index is 12.6. The summed E-state index contributed by atoms with van der Waals surface area (Å²) < 4.78 is 12.6. The highest BCUT2D eigenvalue weighted by Gasteiger charge is 2.17. The number of alkyl halides is 1. The van der Waals surface area contributed by atoms with Gasteiger partial charge in [0, 0.05) is 61.6 Å². The average molecular weight is 499 g/mol. The van der Waals surface area contributed by atoms with Crippen molar-refractivity contribution in [3.05, 3.63) is 73.7 Å². The molecule has 4 aromatic rings. The number of carbonyl (C=O) groups excluding carboxylic acids is 1. The second-order valence-electron chi connectivity index (χ2n) is 8.61. The summed E-state index contributed by atoms with van der Waals surface area (Å²) >= 11 is 0. The first-order valence-electron chi connectivity index (χ1n) is 12.0. The molecule has 9 nitrogen and oxygen atoms in total. The van der Waals surface area contributed by atoms with Gasteiger partial charge in [-0.2, -0.15) is 0 Å². The summed E-state index contributed by atoms with van der Waals surface area (Å²) in [6.07, 6.45) is 6.44. The molecule has 37 heavy (non-hydrogen) atoms. The number of para-hydroxylation sites is 1. The van der Waals surface area contributed by atoms with E-state index in [0.717, 1.165) is 59.7 Å². The van der Waals surface area contributed by atoms with Crippen LogP contribution in [-0.2, 0) is 4.79 Å². The van der Waals surface area contributed by atoms with Crippen molar-refractivity contribution in [1.82, 2.24) is 24.8 Å². The van der Waals surface area contributed by atoms with E-state index in [1.165, 1.54) is 6.08 Å². The Hall–Kier alpha value is -4.44. The summed E-state index contributed by atoms with van der Waals surface area (Å²) in [7, 11) is 0. The van der Waals surface area contributed by atoms with Crippen molar-refractivity contribution in [2.45, 2.75) is 0 Å². The third-order valence-corrected chi connectivity index (χ3v) is 6.22. The topological polar surface area (TPSA) is 99.2 Å². The normalized spacial score (nSPS) is 13.9. The molecule has 1 aliphatic heterocycles. The van der Waals surface area contributed by atoms with Gasteiger partial charge in [0.2, 0.25) is 11.9 Å². The van der Waals surface area contributed by atoms with E-state index in [4.69, 9.17) is 4.98 Å². The van der Waals surface area contributed by atoms with Crippen LogP contribution in [0, 0.1) is 0 Å². The molecule has 1 saturated heterocycles. The Morgan fingerprint density at radius 1 is 1.00 bits per heavy atom. The number of rotatable bonds is 8. The number of hydrogen-bond donors (Lipinski definition) is 2. The fourth-order valence-corrected chi connectivity index (χ4v) is 4.25. The number of fused-ring (bicyclic) bond motifs is 1. The van der Waals surface area contributed by atoms with Gasteiger partial charge < -0.3 is 15.5 Å². The van der Waals surface area contributed by atoms with Gasteiger partial charge in [-0.1, -0.05) is 24.8 Å². The number of hydrogen-bond acceptors (Lipinski definition) is 8. The van der Waals surface area contributed by atoms with Gasteiger partial charge in [0.1, 0.15) is 18.3 Å². The fourth-order valence-electron chi connectivity index (χ4n) is 4.25. The highest BCUT2D eigenvalue weighted by atomic mass is 19.1. The van der Waals surface area contributed by atoms with Crippen LogP contribution in [0.2, 0.25) is 0 Å². The number of nitrogens with one attached hydrogen (secondary N) is 2. The van der Waals surface area contributed by atoms with Crippen LogP contribution >= 0.6 is 0 Å². The Kier molecular flexibility index (Phi) is 7.27. The molecule has 4 heterocycles. The Morgan fingerprint density at radius 2 is 1.86 bits per heavy atom. The van der Waals surface area contributed by atoms with E-state index in [9.17, 15) is 9.18 Å². The van der Waals surface area contributed by atoms with E-state index in [0.29, 0.717) is 18.3 Å². The Bertz CT molecular complexity index is 1390. The van der Waals surface area contributed by atoms with Gasteiger partial charge in [0.25, 0.3) is 0 Å². The van der Waals surface area contributed by atoms with Gasteiger partial charge in [-0.15, -0.1) is 0 Å². The first-order chi connectivity index (χ1) is 18.1. The van der Waals surface area contributed by atoms with Crippen molar-refractivity contribution in [1.29, 1.82) is 0 Å². The van der Waals surface area contributed by atoms with Gasteiger partial charge in [0.15, 0.2) is 0 Å². The molecular weight excluding hydrogens is 471 g/mol. The van der Waals surface area contributed by atoms with Crippen LogP contribution < -0.4 is 15.5 Å². The monoisotopic (exact) mass is 498 g/mol. The van der Waals surface area contributed by atoms with Crippen LogP contribution in [0.15, 0.2) is 73.7 Å². The summed E-state index contributed by atoms with van der Waals surface area (Å²) in [6.45, 7) is 6.95. The maximum Gasteiger partial charge on any atom is 0.248 e. The molecule has 1 aromatic carbocycles. The number of amides is 1. The molecular formula is C27H27FN8O. The molecule has 1 amide bonds. The molecule has 0 bridgehead atoms. The predicted octanol–water partition coefficient (Wildman–Crippen LogP) is 4.05. The molecule has 0 saturated carbocycles. The Labute approximate surface area is 214 Å². The van der Waals surface area contributed by atoms with E-state index in [1.807, 2.05) is 36.4 Å². The molecule has 3 aromatic heterocycles. The molecule has 1 fully saturated rings. The van der Waals surface area contributed by atoms with Crippen molar-refractivity contribution in [3.8, 4) is 11.1 Å². The van der Waals surface area contributed by atoms with Crippen LogP contribution in [-0.4, -0.2) is 70.1 Å². The van der Waals surface area contributed by atoms with Gasteiger partial charge in [-0.3, -0.25) is 9.69 Å². The highest BCUT2D eigenvalue weighted by molar-refractivity contribution is 5.98. The standard InChI is InChI=1S/C27H27FN8O/c1-2-25(37)33-23-8-6-19(16-29-23)22-5-3-4-20-17-31-27(34-26(20)22)32-21-7-9-24(30-18-21)36-14-12-35(11-10-28)13-15-36/h2-9,16-18H,1,10-15H2,(H,29,33,37)(H,31,32,34). The van der Waals surface area contributed by atoms with E-state index in [2.05, 4.69) is 42.0 Å². The lowest BCUT2D eigenvalue weighted by molar-refractivity contribution is -0.111. The molecule has 1 aliphatic rings. The second kappa shape index (κ2) is 11.1. The average Bonchev–Trinajstić information content (AvgIpc) is 2.94. The lowest BCUT2D eigenvalue weighted by Crippen LogP contribution is -2.47. The van der Waals surface area contributed by atoms with Gasteiger partial charge in [0.05, 0.1) is 17.4 Å². The fraction of sp³-hybridized carbons (Fsp3) is 0.222. The summed E-state index contributed by atoms with van der Waals surface area (Å²) in [5, 5.41) is 6.78. The summed E-state index contributed by atoms with van der Waals surface area (Å²) in [5.41, 5.74) is 3.32. The van der Waals surface area contributed by atoms with Gasteiger partial charge >= 0.3 is 0 Å². The Morgan fingerprint density at radius 3 is 2.57 bits per heavy atom. The first kappa shape index (κ1) is 24.3. The molecule has 2 N–H and O–H groups in total. The van der Waals surface area contributed by atoms with Crippen molar-refractivity contribution in [2.24, 2.45) is 0 Å². The van der Waals surface area contributed by atoms with Crippen LogP contribution in [0.4, 0.5) is 27.7 Å². The SMILES string of the molecule is C=CC(=O)Nc1ccc(-c2cccc3cnc(Nc4ccc(N5CCN(CCF)CC5)nc4)nc23)cn1. The number of carbonyl (C=O) groups is 1. The molecule has 0 radical (unpaired) electrons. The lowest BCUT2D eigenvalue weighted by atomic mass is 10.0. The highest BCUT2D eigenvalue weighted by Crippen LogP contribution is 2.28. The van der Waals surface area contributed by atoms with Crippen molar-refractivity contribution < 1.29 is 9.18 Å². The minimum absolute atomic E-state index is 0.310. The lowest BCUT2D eigenvalue weighted by Gasteiger charge is -2.34. The third-order valence-electron chi connectivity index (χ3n) is 6.22. The van der Waals surface area contributed by atoms with Crippen molar-refractivity contribution in [3.63, 3.8) is 0 Å². The molecule has 5 rings (SSSR count). The molecule has 0 atom stereocenters. The molecule has 188 valence electrons. The molecule has 0 spiro atoms. The summed E-state index contributed by atoms with van der Waals surface area (Å²) in [4.78, 5) is 34.0. The van der Waals surface area contributed by atoms with Crippen LogP contribution in [0.25, 0.3) is 22.0 Å². The number of pyridine rings is 2.